The molecule has 1 heterocycles. The first-order valence-corrected chi connectivity index (χ1v) is 7.40. The van der Waals surface area contributed by atoms with Crippen molar-refractivity contribution in [2.45, 2.75) is 13.0 Å². The van der Waals surface area contributed by atoms with E-state index in [1.54, 1.807) is 31.3 Å². The second-order valence-electron chi connectivity index (χ2n) is 5.09. The molecule has 0 bridgehead atoms. The predicted molar refractivity (Wildman–Crippen MR) is 88.9 cm³/mol. The molecule has 0 spiro atoms. The van der Waals surface area contributed by atoms with E-state index >= 15 is 0 Å². The average molecular weight is 347 g/mol. The van der Waals surface area contributed by atoms with Gasteiger partial charge in [0.25, 0.3) is 0 Å². The van der Waals surface area contributed by atoms with Crippen molar-refractivity contribution in [1.82, 2.24) is 10.3 Å². The monoisotopic (exact) mass is 347 g/mol. The fourth-order valence-electron chi connectivity index (χ4n) is 2.10. The van der Waals surface area contributed by atoms with Crippen LogP contribution in [0.15, 0.2) is 36.5 Å². The maximum Gasteiger partial charge on any atom is 0.313 e. The highest BCUT2D eigenvalue weighted by atomic mass is 19.1. The molecule has 0 saturated carbocycles. The van der Waals surface area contributed by atoms with Crippen molar-refractivity contribution in [3.05, 3.63) is 48.0 Å². The summed E-state index contributed by atoms with van der Waals surface area (Å²) in [6.45, 7) is 1.69. The zero-order chi connectivity index (χ0) is 18.4. The Bertz CT molecular complexity index is 768. The van der Waals surface area contributed by atoms with E-state index in [4.69, 9.17) is 9.47 Å². The molecule has 0 radical (unpaired) electrons. The molecule has 2 amide bonds. The van der Waals surface area contributed by atoms with Crippen molar-refractivity contribution >= 4 is 17.5 Å². The molecule has 0 fully saturated rings. The van der Waals surface area contributed by atoms with Gasteiger partial charge in [-0.05, 0) is 19.1 Å². The molecule has 1 aromatic heterocycles. The Labute approximate surface area is 144 Å². The maximum absolute atomic E-state index is 14.0. The number of rotatable bonds is 5. The summed E-state index contributed by atoms with van der Waals surface area (Å²) >= 11 is 0. The number of anilines is 1. The van der Waals surface area contributed by atoms with Crippen molar-refractivity contribution in [3.63, 3.8) is 0 Å². The number of hydrogen-bond donors (Lipinski definition) is 2. The zero-order valence-corrected chi connectivity index (χ0v) is 14.0. The van der Waals surface area contributed by atoms with Gasteiger partial charge in [-0.15, -0.1) is 0 Å². The van der Waals surface area contributed by atoms with Crippen LogP contribution in [0.4, 0.5) is 10.1 Å². The van der Waals surface area contributed by atoms with E-state index in [9.17, 15) is 14.0 Å². The molecule has 8 heteroatoms. The Morgan fingerprint density at radius 3 is 2.40 bits per heavy atom. The van der Waals surface area contributed by atoms with Crippen LogP contribution in [-0.2, 0) is 9.59 Å². The van der Waals surface area contributed by atoms with Crippen LogP contribution in [0.1, 0.15) is 18.7 Å². The van der Waals surface area contributed by atoms with Crippen molar-refractivity contribution in [3.8, 4) is 11.5 Å². The molecule has 2 aromatic rings. The van der Waals surface area contributed by atoms with Gasteiger partial charge >= 0.3 is 11.8 Å². The fraction of sp³-hybridized carbons (Fsp3) is 0.235. The first kappa shape index (κ1) is 18.2. The Morgan fingerprint density at radius 1 is 1.12 bits per heavy atom. The van der Waals surface area contributed by atoms with Crippen LogP contribution in [0.3, 0.4) is 0 Å². The SMILES string of the molecule is COc1cc(F)c(NC(=O)C(=O)N[C@@H](C)c2ccccn2)cc1OC. The van der Waals surface area contributed by atoms with Crippen LogP contribution < -0.4 is 20.1 Å². The number of methoxy groups -OCH3 is 2. The summed E-state index contributed by atoms with van der Waals surface area (Å²) in [7, 11) is 2.74. The average Bonchev–Trinajstić information content (AvgIpc) is 2.63. The third-order valence-corrected chi connectivity index (χ3v) is 3.41. The third-order valence-electron chi connectivity index (χ3n) is 3.41. The number of carbonyl (C=O) groups excluding carboxylic acids is 2. The number of amides is 2. The van der Waals surface area contributed by atoms with Gasteiger partial charge in [-0.1, -0.05) is 6.07 Å². The fourth-order valence-corrected chi connectivity index (χ4v) is 2.10. The highest BCUT2D eigenvalue weighted by molar-refractivity contribution is 6.39. The summed E-state index contributed by atoms with van der Waals surface area (Å²) in [4.78, 5) is 28.1. The van der Waals surface area contributed by atoms with E-state index in [2.05, 4.69) is 15.6 Å². The van der Waals surface area contributed by atoms with Crippen molar-refractivity contribution < 1.29 is 23.5 Å². The summed E-state index contributed by atoms with van der Waals surface area (Å²) in [5, 5.41) is 4.71. The molecular weight excluding hydrogens is 329 g/mol. The van der Waals surface area contributed by atoms with Gasteiger partial charge in [0.05, 0.1) is 31.6 Å². The normalized spacial score (nSPS) is 11.4. The van der Waals surface area contributed by atoms with Crippen LogP contribution >= 0.6 is 0 Å². The van der Waals surface area contributed by atoms with Gasteiger partial charge in [0.2, 0.25) is 0 Å². The van der Waals surface area contributed by atoms with Gasteiger partial charge in [0.1, 0.15) is 0 Å². The quantitative estimate of drug-likeness (QED) is 0.808. The number of ether oxygens (including phenoxy) is 2. The molecule has 132 valence electrons. The van der Waals surface area contributed by atoms with E-state index in [1.807, 2.05) is 0 Å². The lowest BCUT2D eigenvalue weighted by Crippen LogP contribution is -2.37. The molecule has 0 aliphatic carbocycles. The molecule has 0 unspecified atom stereocenters. The summed E-state index contributed by atoms with van der Waals surface area (Å²) in [6.07, 6.45) is 1.58. The van der Waals surface area contributed by atoms with E-state index < -0.39 is 23.7 Å². The Balaban J connectivity index is 2.07. The molecular formula is C17H18FN3O4. The van der Waals surface area contributed by atoms with Crippen LogP contribution in [-0.4, -0.2) is 31.0 Å². The number of halogens is 1. The topological polar surface area (TPSA) is 89.5 Å². The van der Waals surface area contributed by atoms with Crippen molar-refractivity contribution in [2.24, 2.45) is 0 Å². The lowest BCUT2D eigenvalue weighted by Gasteiger charge is -2.14. The third kappa shape index (κ3) is 4.43. The minimum Gasteiger partial charge on any atom is -0.493 e. The Kier molecular flexibility index (Phi) is 5.89. The van der Waals surface area contributed by atoms with Gasteiger partial charge < -0.3 is 20.1 Å². The minimum atomic E-state index is -1.01. The van der Waals surface area contributed by atoms with Crippen molar-refractivity contribution in [2.75, 3.05) is 19.5 Å². The highest BCUT2D eigenvalue weighted by Crippen LogP contribution is 2.32. The number of benzene rings is 1. The van der Waals surface area contributed by atoms with Gasteiger partial charge in [-0.3, -0.25) is 14.6 Å². The van der Waals surface area contributed by atoms with Gasteiger partial charge in [-0.2, -0.15) is 0 Å². The number of aromatic nitrogens is 1. The molecule has 0 aliphatic rings. The molecule has 7 nitrogen and oxygen atoms in total. The molecule has 1 atom stereocenters. The molecule has 0 saturated heterocycles. The maximum atomic E-state index is 14.0. The van der Waals surface area contributed by atoms with Crippen LogP contribution in [0.2, 0.25) is 0 Å². The summed E-state index contributed by atoms with van der Waals surface area (Å²) < 4.78 is 24.0. The smallest absolute Gasteiger partial charge is 0.313 e. The zero-order valence-electron chi connectivity index (χ0n) is 14.0. The molecule has 0 aliphatic heterocycles. The lowest BCUT2D eigenvalue weighted by atomic mass is 10.2. The number of nitrogens with one attached hydrogen (secondary N) is 2. The Hall–Kier alpha value is -3.16. The van der Waals surface area contributed by atoms with Crippen LogP contribution in [0.25, 0.3) is 0 Å². The highest BCUT2D eigenvalue weighted by Gasteiger charge is 2.20. The number of nitrogens with zero attached hydrogens (tertiary/aromatic N) is 1. The number of carbonyl (C=O) groups is 2. The second-order valence-corrected chi connectivity index (χ2v) is 5.09. The standard InChI is InChI=1S/C17H18FN3O4/c1-10(12-6-4-5-7-19-12)20-16(22)17(23)21-13-9-15(25-3)14(24-2)8-11(13)18/h4-10H,1-3H3,(H,20,22)(H,21,23)/t10-/m0/s1. The van der Waals surface area contributed by atoms with Crippen LogP contribution in [0.5, 0.6) is 11.5 Å². The summed E-state index contributed by atoms with van der Waals surface area (Å²) in [6, 6.07) is 7.05. The largest absolute Gasteiger partial charge is 0.493 e. The van der Waals surface area contributed by atoms with Gasteiger partial charge in [0, 0.05) is 18.3 Å². The van der Waals surface area contributed by atoms with E-state index in [0.29, 0.717) is 5.69 Å². The first-order valence-electron chi connectivity index (χ1n) is 7.40. The number of hydrogen-bond acceptors (Lipinski definition) is 5. The first-order chi connectivity index (χ1) is 12.0. The Morgan fingerprint density at radius 2 is 1.80 bits per heavy atom. The predicted octanol–water partition coefficient (Wildman–Crippen LogP) is 2.05. The van der Waals surface area contributed by atoms with E-state index in [0.717, 1.165) is 6.07 Å². The molecule has 1 aromatic carbocycles. The minimum absolute atomic E-state index is 0.172. The lowest BCUT2D eigenvalue weighted by molar-refractivity contribution is -0.136. The van der Waals surface area contributed by atoms with E-state index in [-0.39, 0.29) is 17.2 Å². The molecule has 25 heavy (non-hydrogen) atoms. The van der Waals surface area contributed by atoms with Crippen molar-refractivity contribution in [1.29, 1.82) is 0 Å². The van der Waals surface area contributed by atoms with Crippen LogP contribution in [0, 0.1) is 5.82 Å². The molecule has 2 rings (SSSR count). The van der Waals surface area contributed by atoms with Gasteiger partial charge in [-0.25, -0.2) is 4.39 Å². The second kappa shape index (κ2) is 8.09. The van der Waals surface area contributed by atoms with Gasteiger partial charge in [0.15, 0.2) is 17.3 Å². The van der Waals surface area contributed by atoms with E-state index in [1.165, 1.54) is 20.3 Å². The molecule has 2 N–H and O–H groups in total. The summed E-state index contributed by atoms with van der Waals surface area (Å²) in [5.74, 6) is -2.27. The number of pyridine rings is 1. The summed E-state index contributed by atoms with van der Waals surface area (Å²) in [5.41, 5.74) is 0.407.